The third-order valence-electron chi connectivity index (χ3n) is 5.12. The van der Waals surface area contributed by atoms with E-state index < -0.39 is 11.2 Å². The molecule has 1 unspecified atom stereocenters. The second kappa shape index (κ2) is 11.5. The zero-order valence-corrected chi connectivity index (χ0v) is 17.6. The molecular weight excluding hydrogens is 366 g/mol. The molecule has 0 heterocycles. The van der Waals surface area contributed by atoms with Gasteiger partial charge in [0.05, 0.1) is 5.75 Å². The molecule has 0 aliphatic heterocycles. The molecule has 1 rings (SSSR count). The summed E-state index contributed by atoms with van der Waals surface area (Å²) in [4.78, 5) is 47.2. The van der Waals surface area contributed by atoms with E-state index in [4.69, 9.17) is 0 Å². The van der Waals surface area contributed by atoms with Crippen molar-refractivity contribution in [1.82, 2.24) is 5.32 Å². The third kappa shape index (κ3) is 8.45. The molecule has 0 saturated heterocycles. The number of carbonyl (C=O) groups is 4. The number of aliphatic carboxylic acids is 1. The lowest BCUT2D eigenvalue weighted by Gasteiger charge is -2.28. The van der Waals surface area contributed by atoms with Gasteiger partial charge in [-0.25, -0.2) is 0 Å². The SMILES string of the molecule is CC(C)C(=O)CSC(CC(=O)NCC1CCC(C(=O)C(C)C)CC1)C(=O)O. The molecule has 0 aromatic heterocycles. The molecule has 1 aliphatic carbocycles. The number of rotatable bonds is 11. The van der Waals surface area contributed by atoms with E-state index >= 15 is 0 Å². The van der Waals surface area contributed by atoms with E-state index in [-0.39, 0.29) is 41.6 Å². The van der Waals surface area contributed by atoms with Gasteiger partial charge in [0.15, 0.2) is 0 Å². The summed E-state index contributed by atoms with van der Waals surface area (Å²) in [6, 6.07) is 0. The van der Waals surface area contributed by atoms with Crippen LogP contribution >= 0.6 is 11.8 Å². The Morgan fingerprint density at radius 2 is 1.59 bits per heavy atom. The number of ketones is 2. The molecule has 7 heteroatoms. The molecular formula is C20H33NO5S. The summed E-state index contributed by atoms with van der Waals surface area (Å²) in [6.45, 7) is 7.92. The highest BCUT2D eigenvalue weighted by Crippen LogP contribution is 2.30. The van der Waals surface area contributed by atoms with Crippen LogP contribution in [0.3, 0.4) is 0 Å². The lowest BCUT2D eigenvalue weighted by Crippen LogP contribution is -2.35. The molecule has 154 valence electrons. The van der Waals surface area contributed by atoms with Crippen LogP contribution in [0.15, 0.2) is 0 Å². The smallest absolute Gasteiger partial charge is 0.317 e. The number of hydrogen-bond acceptors (Lipinski definition) is 5. The predicted molar refractivity (Wildman–Crippen MR) is 107 cm³/mol. The van der Waals surface area contributed by atoms with Gasteiger partial charge < -0.3 is 10.4 Å². The molecule has 1 saturated carbocycles. The quantitative estimate of drug-likeness (QED) is 0.554. The molecule has 6 nitrogen and oxygen atoms in total. The first-order chi connectivity index (χ1) is 12.6. The van der Waals surface area contributed by atoms with Crippen molar-refractivity contribution < 1.29 is 24.3 Å². The van der Waals surface area contributed by atoms with Crippen LogP contribution in [-0.2, 0) is 19.2 Å². The van der Waals surface area contributed by atoms with Crippen molar-refractivity contribution in [3.05, 3.63) is 0 Å². The predicted octanol–water partition coefficient (Wildman–Crippen LogP) is 2.94. The Labute approximate surface area is 166 Å². The van der Waals surface area contributed by atoms with E-state index in [0.717, 1.165) is 37.4 Å². The highest BCUT2D eigenvalue weighted by Gasteiger charge is 2.28. The zero-order valence-electron chi connectivity index (χ0n) is 16.8. The van der Waals surface area contributed by atoms with Crippen LogP contribution in [0.25, 0.3) is 0 Å². The van der Waals surface area contributed by atoms with Crippen molar-refractivity contribution in [3.8, 4) is 0 Å². The van der Waals surface area contributed by atoms with E-state index in [0.29, 0.717) is 18.2 Å². The lowest BCUT2D eigenvalue weighted by atomic mass is 9.78. The van der Waals surface area contributed by atoms with Gasteiger partial charge in [-0.1, -0.05) is 27.7 Å². The first-order valence-electron chi connectivity index (χ1n) is 9.79. The fourth-order valence-corrected chi connectivity index (χ4v) is 4.30. The first-order valence-corrected chi connectivity index (χ1v) is 10.8. The highest BCUT2D eigenvalue weighted by atomic mass is 32.2. The summed E-state index contributed by atoms with van der Waals surface area (Å²) in [5.41, 5.74) is 0. The second-order valence-corrected chi connectivity index (χ2v) is 9.23. The number of amides is 1. The summed E-state index contributed by atoms with van der Waals surface area (Å²) < 4.78 is 0. The molecule has 0 bridgehead atoms. The minimum absolute atomic E-state index is 0.0145. The van der Waals surface area contributed by atoms with Crippen molar-refractivity contribution in [1.29, 1.82) is 0 Å². The minimum atomic E-state index is -1.07. The number of hydrogen-bond donors (Lipinski definition) is 2. The largest absolute Gasteiger partial charge is 0.480 e. The van der Waals surface area contributed by atoms with Gasteiger partial charge in [-0.2, -0.15) is 0 Å². The van der Waals surface area contributed by atoms with E-state index in [9.17, 15) is 24.3 Å². The number of carbonyl (C=O) groups excluding carboxylic acids is 3. The first kappa shape index (κ1) is 23.7. The van der Waals surface area contributed by atoms with Crippen LogP contribution in [0.4, 0.5) is 0 Å². The maximum absolute atomic E-state index is 12.1. The number of nitrogens with one attached hydrogen (secondary N) is 1. The number of carboxylic acids is 1. The Hall–Kier alpha value is -1.37. The lowest BCUT2D eigenvalue weighted by molar-refractivity contribution is -0.138. The van der Waals surface area contributed by atoms with E-state index in [1.54, 1.807) is 13.8 Å². The Bertz CT molecular complexity index is 538. The molecule has 1 aliphatic rings. The number of thioether (sulfide) groups is 1. The molecule has 27 heavy (non-hydrogen) atoms. The van der Waals surface area contributed by atoms with Gasteiger partial charge in [-0.15, -0.1) is 11.8 Å². The maximum Gasteiger partial charge on any atom is 0.317 e. The topological polar surface area (TPSA) is 101 Å². The maximum atomic E-state index is 12.1. The molecule has 2 N–H and O–H groups in total. The van der Waals surface area contributed by atoms with Gasteiger partial charge in [0.25, 0.3) is 0 Å². The Morgan fingerprint density at radius 1 is 1.00 bits per heavy atom. The summed E-state index contributed by atoms with van der Waals surface area (Å²) in [7, 11) is 0. The summed E-state index contributed by atoms with van der Waals surface area (Å²) >= 11 is 1.01. The average molecular weight is 400 g/mol. The molecule has 0 aromatic carbocycles. The Morgan fingerprint density at radius 3 is 2.07 bits per heavy atom. The van der Waals surface area contributed by atoms with Crippen LogP contribution in [0.1, 0.15) is 59.8 Å². The standard InChI is InChI=1S/C20H33NO5S/c1-12(2)16(22)11-27-17(20(25)26)9-18(23)21-10-14-5-7-15(8-6-14)19(24)13(3)4/h12-15,17H,5-11H2,1-4H3,(H,21,23)(H,25,26). The Balaban J connectivity index is 2.36. The average Bonchev–Trinajstić information content (AvgIpc) is 2.62. The van der Waals surface area contributed by atoms with Crippen molar-refractivity contribution >= 4 is 35.2 Å². The van der Waals surface area contributed by atoms with E-state index in [2.05, 4.69) is 5.32 Å². The van der Waals surface area contributed by atoms with Crippen LogP contribution in [0.5, 0.6) is 0 Å². The molecule has 1 fully saturated rings. The summed E-state index contributed by atoms with van der Waals surface area (Å²) in [6.07, 6.45) is 3.41. The van der Waals surface area contributed by atoms with Gasteiger partial charge in [-0.05, 0) is 31.6 Å². The number of Topliss-reactive ketones (excluding diaryl/α,β-unsaturated/α-hetero) is 2. The van der Waals surface area contributed by atoms with Crippen LogP contribution in [0, 0.1) is 23.7 Å². The number of carboxylic acid groups (broad SMARTS) is 1. The monoisotopic (exact) mass is 399 g/mol. The van der Waals surface area contributed by atoms with Gasteiger partial charge in [0.1, 0.15) is 16.8 Å². The Kier molecular flexibility index (Phi) is 10.1. The van der Waals surface area contributed by atoms with E-state index in [1.165, 1.54) is 0 Å². The fourth-order valence-electron chi connectivity index (χ4n) is 3.19. The van der Waals surface area contributed by atoms with E-state index in [1.807, 2.05) is 13.8 Å². The van der Waals surface area contributed by atoms with Gasteiger partial charge >= 0.3 is 5.97 Å². The van der Waals surface area contributed by atoms with Crippen LogP contribution < -0.4 is 5.32 Å². The van der Waals surface area contributed by atoms with Crippen LogP contribution in [-0.4, -0.2) is 46.1 Å². The molecule has 0 aromatic rings. The normalized spacial score (nSPS) is 21.1. The van der Waals surface area contributed by atoms with Crippen molar-refractivity contribution in [2.24, 2.45) is 23.7 Å². The molecule has 1 amide bonds. The molecule has 0 spiro atoms. The molecule has 1 atom stereocenters. The highest BCUT2D eigenvalue weighted by molar-refractivity contribution is 8.01. The summed E-state index contributed by atoms with van der Waals surface area (Å²) in [5, 5.41) is 11.2. The summed E-state index contributed by atoms with van der Waals surface area (Å²) in [5.74, 6) is -0.541. The zero-order chi connectivity index (χ0) is 20.6. The second-order valence-electron chi connectivity index (χ2n) is 8.04. The minimum Gasteiger partial charge on any atom is -0.480 e. The van der Waals surface area contributed by atoms with Crippen LogP contribution in [0.2, 0.25) is 0 Å². The molecule has 0 radical (unpaired) electrons. The third-order valence-corrected chi connectivity index (χ3v) is 6.34. The van der Waals surface area contributed by atoms with Gasteiger partial charge in [-0.3, -0.25) is 19.2 Å². The fraction of sp³-hybridized carbons (Fsp3) is 0.800. The van der Waals surface area contributed by atoms with Crippen molar-refractivity contribution in [3.63, 3.8) is 0 Å². The van der Waals surface area contributed by atoms with Crippen molar-refractivity contribution in [2.75, 3.05) is 12.3 Å². The van der Waals surface area contributed by atoms with Gasteiger partial charge in [0.2, 0.25) is 5.91 Å². The van der Waals surface area contributed by atoms with Gasteiger partial charge in [0, 0.05) is 30.7 Å². The van der Waals surface area contributed by atoms with Crippen molar-refractivity contribution in [2.45, 2.75) is 65.0 Å².